The number of ether oxygens (including phenoxy) is 1. The standard InChI is InChI=1S/C19H28N4O4S/c1-15(2)13-21-19(24)16(3)27-17-5-7-18(8-6-17)28(25,26)22-9-4-11-23-12-10-20-14-23/h5-8,10,12,14-16,22H,4,9,11,13H2,1-3H3,(H,21,24)/t16-/m1/s1. The van der Waals surface area contributed by atoms with Crippen LogP contribution in [0, 0.1) is 5.92 Å². The topological polar surface area (TPSA) is 102 Å². The van der Waals surface area contributed by atoms with Gasteiger partial charge in [-0.2, -0.15) is 0 Å². The van der Waals surface area contributed by atoms with Crippen LogP contribution in [0.25, 0.3) is 0 Å². The molecule has 0 aliphatic rings. The Morgan fingerprint density at radius 2 is 1.93 bits per heavy atom. The molecule has 154 valence electrons. The van der Waals surface area contributed by atoms with E-state index in [2.05, 4.69) is 15.0 Å². The van der Waals surface area contributed by atoms with E-state index in [1.54, 1.807) is 31.6 Å². The third-order valence-corrected chi connectivity index (χ3v) is 5.42. The summed E-state index contributed by atoms with van der Waals surface area (Å²) >= 11 is 0. The number of hydrogen-bond acceptors (Lipinski definition) is 5. The summed E-state index contributed by atoms with van der Waals surface area (Å²) in [6.07, 6.45) is 5.19. The average molecular weight is 409 g/mol. The highest BCUT2D eigenvalue weighted by atomic mass is 32.2. The third kappa shape index (κ3) is 6.97. The highest BCUT2D eigenvalue weighted by Crippen LogP contribution is 2.17. The smallest absolute Gasteiger partial charge is 0.260 e. The first-order chi connectivity index (χ1) is 13.3. The number of rotatable bonds is 11. The van der Waals surface area contributed by atoms with Gasteiger partial charge in [0.25, 0.3) is 5.91 Å². The van der Waals surface area contributed by atoms with E-state index in [4.69, 9.17) is 4.74 Å². The fraction of sp³-hybridized carbons (Fsp3) is 0.474. The Morgan fingerprint density at radius 3 is 2.54 bits per heavy atom. The van der Waals surface area contributed by atoms with E-state index in [9.17, 15) is 13.2 Å². The molecule has 2 rings (SSSR count). The normalized spacial score (nSPS) is 12.7. The lowest BCUT2D eigenvalue weighted by atomic mass is 10.2. The number of carbonyl (C=O) groups excluding carboxylic acids is 1. The van der Waals surface area contributed by atoms with Crippen molar-refractivity contribution in [2.45, 2.75) is 44.7 Å². The van der Waals surface area contributed by atoms with Gasteiger partial charge in [-0.25, -0.2) is 18.1 Å². The van der Waals surface area contributed by atoms with Crippen molar-refractivity contribution < 1.29 is 17.9 Å². The van der Waals surface area contributed by atoms with Gasteiger partial charge in [0.05, 0.1) is 11.2 Å². The van der Waals surface area contributed by atoms with Crippen LogP contribution in [-0.4, -0.2) is 43.1 Å². The fourth-order valence-corrected chi connectivity index (χ4v) is 3.45. The lowest BCUT2D eigenvalue weighted by molar-refractivity contribution is -0.127. The second-order valence-corrected chi connectivity index (χ2v) is 8.69. The van der Waals surface area contributed by atoms with Crippen LogP contribution in [0.4, 0.5) is 0 Å². The molecule has 28 heavy (non-hydrogen) atoms. The number of amides is 1. The molecule has 0 fully saturated rings. The van der Waals surface area contributed by atoms with Crippen LogP contribution in [-0.2, 0) is 21.4 Å². The molecular weight excluding hydrogens is 380 g/mol. The Hall–Kier alpha value is -2.39. The van der Waals surface area contributed by atoms with E-state index in [1.807, 2.05) is 24.6 Å². The molecule has 1 heterocycles. The van der Waals surface area contributed by atoms with Crippen molar-refractivity contribution in [3.63, 3.8) is 0 Å². The van der Waals surface area contributed by atoms with Crippen molar-refractivity contribution in [1.82, 2.24) is 19.6 Å². The van der Waals surface area contributed by atoms with Gasteiger partial charge in [-0.15, -0.1) is 0 Å². The molecule has 8 nitrogen and oxygen atoms in total. The number of aromatic nitrogens is 2. The van der Waals surface area contributed by atoms with E-state index in [-0.39, 0.29) is 10.8 Å². The van der Waals surface area contributed by atoms with Crippen LogP contribution in [0.1, 0.15) is 27.2 Å². The minimum absolute atomic E-state index is 0.152. The maximum Gasteiger partial charge on any atom is 0.260 e. The first kappa shape index (κ1) is 21.9. The van der Waals surface area contributed by atoms with Gasteiger partial charge in [0.15, 0.2) is 6.10 Å². The summed E-state index contributed by atoms with van der Waals surface area (Å²) in [6.45, 7) is 7.27. The summed E-state index contributed by atoms with van der Waals surface area (Å²) in [5.74, 6) is 0.587. The number of aryl methyl sites for hydroxylation is 1. The third-order valence-electron chi connectivity index (χ3n) is 3.95. The molecule has 0 bridgehead atoms. The minimum Gasteiger partial charge on any atom is -0.481 e. The molecule has 0 radical (unpaired) electrons. The predicted octanol–water partition coefficient (Wildman–Crippen LogP) is 1.79. The lowest BCUT2D eigenvalue weighted by Gasteiger charge is -2.16. The molecule has 1 amide bonds. The van der Waals surface area contributed by atoms with Crippen molar-refractivity contribution in [3.05, 3.63) is 43.0 Å². The van der Waals surface area contributed by atoms with Crippen molar-refractivity contribution >= 4 is 15.9 Å². The molecule has 1 aromatic heterocycles. The zero-order valence-corrected chi connectivity index (χ0v) is 17.3. The molecule has 0 saturated heterocycles. The highest BCUT2D eigenvalue weighted by Gasteiger charge is 2.16. The molecule has 9 heteroatoms. The highest BCUT2D eigenvalue weighted by molar-refractivity contribution is 7.89. The number of nitrogens with one attached hydrogen (secondary N) is 2. The van der Waals surface area contributed by atoms with Crippen LogP contribution >= 0.6 is 0 Å². The largest absolute Gasteiger partial charge is 0.481 e. The van der Waals surface area contributed by atoms with Gasteiger partial charge in [-0.3, -0.25) is 4.79 Å². The van der Waals surface area contributed by atoms with Crippen molar-refractivity contribution in [2.24, 2.45) is 5.92 Å². The van der Waals surface area contributed by atoms with Crippen LogP contribution in [0.3, 0.4) is 0 Å². The first-order valence-corrected chi connectivity index (χ1v) is 10.8. The van der Waals surface area contributed by atoms with E-state index in [0.717, 1.165) is 0 Å². The van der Waals surface area contributed by atoms with Gasteiger partial charge in [-0.05, 0) is 43.5 Å². The zero-order valence-electron chi connectivity index (χ0n) is 16.5. The molecular formula is C19H28N4O4S. The lowest BCUT2D eigenvalue weighted by Crippen LogP contribution is -2.38. The van der Waals surface area contributed by atoms with Gasteiger partial charge in [0.1, 0.15) is 5.75 Å². The molecule has 2 aromatic rings. The molecule has 0 unspecified atom stereocenters. The van der Waals surface area contributed by atoms with E-state index in [0.29, 0.717) is 37.7 Å². The van der Waals surface area contributed by atoms with Crippen LogP contribution in [0.15, 0.2) is 47.9 Å². The number of sulfonamides is 1. The molecule has 0 spiro atoms. The summed E-state index contributed by atoms with van der Waals surface area (Å²) in [5, 5.41) is 2.80. The Labute approximate surface area is 166 Å². The van der Waals surface area contributed by atoms with Gasteiger partial charge < -0.3 is 14.6 Å². The first-order valence-electron chi connectivity index (χ1n) is 9.28. The molecule has 0 aliphatic carbocycles. The van der Waals surface area contributed by atoms with Crippen LogP contribution in [0.5, 0.6) is 5.75 Å². The zero-order chi connectivity index (χ0) is 20.6. The predicted molar refractivity (Wildman–Crippen MR) is 106 cm³/mol. The second-order valence-electron chi connectivity index (χ2n) is 6.92. The maximum absolute atomic E-state index is 12.3. The van der Waals surface area contributed by atoms with Gasteiger partial charge >= 0.3 is 0 Å². The van der Waals surface area contributed by atoms with Crippen molar-refractivity contribution in [1.29, 1.82) is 0 Å². The SMILES string of the molecule is CC(C)CNC(=O)[C@@H](C)Oc1ccc(S(=O)(=O)NCCCn2ccnc2)cc1. The Kier molecular flexibility index (Phi) is 8.01. The van der Waals surface area contributed by atoms with Gasteiger partial charge in [0, 0.05) is 32.0 Å². The van der Waals surface area contributed by atoms with Crippen LogP contribution < -0.4 is 14.8 Å². The quantitative estimate of drug-likeness (QED) is 0.552. The number of nitrogens with zero attached hydrogens (tertiary/aromatic N) is 2. The number of benzene rings is 1. The Balaban J connectivity index is 1.83. The summed E-state index contributed by atoms with van der Waals surface area (Å²) in [6, 6.07) is 6.02. The number of imidazole rings is 1. The summed E-state index contributed by atoms with van der Waals surface area (Å²) in [4.78, 5) is 16.1. The summed E-state index contributed by atoms with van der Waals surface area (Å²) in [5.41, 5.74) is 0. The van der Waals surface area contributed by atoms with Crippen molar-refractivity contribution in [3.8, 4) is 5.75 Å². The summed E-state index contributed by atoms with van der Waals surface area (Å²) in [7, 11) is -3.59. The summed E-state index contributed by atoms with van der Waals surface area (Å²) < 4.78 is 34.7. The number of carbonyl (C=O) groups is 1. The molecule has 0 aliphatic heterocycles. The molecule has 2 N–H and O–H groups in total. The molecule has 1 atom stereocenters. The average Bonchev–Trinajstić information content (AvgIpc) is 3.17. The second kappa shape index (κ2) is 10.2. The Morgan fingerprint density at radius 1 is 1.21 bits per heavy atom. The van der Waals surface area contributed by atoms with E-state index in [1.165, 1.54) is 12.1 Å². The Bertz CT molecular complexity index is 833. The van der Waals surface area contributed by atoms with Gasteiger partial charge in [0.2, 0.25) is 10.0 Å². The minimum atomic E-state index is -3.59. The fourth-order valence-electron chi connectivity index (χ4n) is 2.37. The van der Waals surface area contributed by atoms with E-state index < -0.39 is 16.1 Å². The molecule has 0 saturated carbocycles. The number of hydrogen-bond donors (Lipinski definition) is 2. The van der Waals surface area contributed by atoms with Crippen molar-refractivity contribution in [2.75, 3.05) is 13.1 Å². The molecule has 1 aromatic carbocycles. The van der Waals surface area contributed by atoms with Crippen LogP contribution in [0.2, 0.25) is 0 Å². The maximum atomic E-state index is 12.3. The van der Waals surface area contributed by atoms with E-state index >= 15 is 0 Å². The van der Waals surface area contributed by atoms with Gasteiger partial charge in [-0.1, -0.05) is 13.8 Å². The monoisotopic (exact) mass is 408 g/mol.